The standard InChI is InChI=1S/C16H29NO/c1-12(2)13-7-9-16(10-8-13)17-15-6-4-3-5-14(15)11-18-16/h12-15,17H,3-11H2,1-2H3. The summed E-state index contributed by atoms with van der Waals surface area (Å²) in [4.78, 5) is 0. The number of rotatable bonds is 1. The zero-order chi connectivity index (χ0) is 12.6. The van der Waals surface area contributed by atoms with Crippen LogP contribution in [0.25, 0.3) is 0 Å². The van der Waals surface area contributed by atoms with Crippen molar-refractivity contribution in [2.45, 2.75) is 77.0 Å². The van der Waals surface area contributed by atoms with Crippen LogP contribution in [0, 0.1) is 17.8 Å². The molecule has 0 aromatic carbocycles. The molecule has 2 unspecified atom stereocenters. The van der Waals surface area contributed by atoms with E-state index in [0.717, 1.165) is 30.4 Å². The first-order valence-electron chi connectivity index (χ1n) is 8.10. The molecule has 1 saturated heterocycles. The van der Waals surface area contributed by atoms with Gasteiger partial charge in [0, 0.05) is 6.04 Å². The molecular formula is C16H29NO. The molecule has 2 heteroatoms. The Bertz CT molecular complexity index is 281. The van der Waals surface area contributed by atoms with Gasteiger partial charge >= 0.3 is 0 Å². The molecule has 2 nitrogen and oxygen atoms in total. The number of ether oxygens (including phenoxy) is 1. The second kappa shape index (κ2) is 5.13. The van der Waals surface area contributed by atoms with Gasteiger partial charge in [-0.3, -0.25) is 5.32 Å². The summed E-state index contributed by atoms with van der Waals surface area (Å²) in [6.07, 6.45) is 10.8. The molecule has 2 aliphatic carbocycles. The Hall–Kier alpha value is -0.0800. The lowest BCUT2D eigenvalue weighted by atomic mass is 9.75. The lowest BCUT2D eigenvalue weighted by Gasteiger charge is -2.50. The second-order valence-corrected chi connectivity index (χ2v) is 7.18. The fourth-order valence-electron chi connectivity index (χ4n) is 4.31. The van der Waals surface area contributed by atoms with Gasteiger partial charge in [-0.1, -0.05) is 26.7 Å². The zero-order valence-corrected chi connectivity index (χ0v) is 12.1. The molecule has 1 N–H and O–H groups in total. The first kappa shape index (κ1) is 12.9. The van der Waals surface area contributed by atoms with Crippen molar-refractivity contribution < 1.29 is 4.74 Å². The predicted octanol–water partition coefficient (Wildman–Crippen LogP) is 3.71. The highest BCUT2D eigenvalue weighted by atomic mass is 16.5. The normalized spacial score (nSPS) is 45.2. The summed E-state index contributed by atoms with van der Waals surface area (Å²) in [6, 6.07) is 0.753. The van der Waals surface area contributed by atoms with Gasteiger partial charge in [0.05, 0.1) is 6.61 Å². The highest BCUT2D eigenvalue weighted by Gasteiger charge is 2.44. The largest absolute Gasteiger partial charge is 0.360 e. The number of nitrogens with one attached hydrogen (secondary N) is 1. The summed E-state index contributed by atoms with van der Waals surface area (Å²) in [5, 5.41) is 3.91. The molecule has 0 bridgehead atoms. The second-order valence-electron chi connectivity index (χ2n) is 7.18. The highest BCUT2D eigenvalue weighted by molar-refractivity contribution is 4.95. The third kappa shape index (κ3) is 2.46. The minimum Gasteiger partial charge on any atom is -0.360 e. The molecular weight excluding hydrogens is 222 g/mol. The Kier molecular flexibility index (Phi) is 3.68. The van der Waals surface area contributed by atoms with Crippen LogP contribution in [0.5, 0.6) is 0 Å². The van der Waals surface area contributed by atoms with Crippen LogP contribution in [-0.2, 0) is 4.74 Å². The van der Waals surface area contributed by atoms with Crippen molar-refractivity contribution in [2.75, 3.05) is 6.61 Å². The van der Waals surface area contributed by atoms with Crippen LogP contribution in [0.3, 0.4) is 0 Å². The van der Waals surface area contributed by atoms with E-state index in [-0.39, 0.29) is 5.72 Å². The van der Waals surface area contributed by atoms with Crippen LogP contribution < -0.4 is 5.32 Å². The molecule has 18 heavy (non-hydrogen) atoms. The molecule has 2 atom stereocenters. The fraction of sp³-hybridized carbons (Fsp3) is 1.00. The average molecular weight is 251 g/mol. The molecule has 104 valence electrons. The molecule has 3 fully saturated rings. The lowest BCUT2D eigenvalue weighted by Crippen LogP contribution is -2.62. The van der Waals surface area contributed by atoms with Crippen LogP contribution in [-0.4, -0.2) is 18.4 Å². The van der Waals surface area contributed by atoms with E-state index in [9.17, 15) is 0 Å². The molecule has 3 rings (SSSR count). The lowest BCUT2D eigenvalue weighted by molar-refractivity contribution is -0.163. The Balaban J connectivity index is 1.60. The van der Waals surface area contributed by atoms with Gasteiger partial charge in [0.25, 0.3) is 0 Å². The average Bonchev–Trinajstić information content (AvgIpc) is 2.39. The minimum absolute atomic E-state index is 0.0594. The summed E-state index contributed by atoms with van der Waals surface area (Å²) >= 11 is 0. The quantitative estimate of drug-likeness (QED) is 0.767. The SMILES string of the molecule is CC(C)C1CCC2(CC1)NC1CCCCC1CO2. The smallest absolute Gasteiger partial charge is 0.119 e. The zero-order valence-electron chi connectivity index (χ0n) is 12.1. The highest BCUT2D eigenvalue weighted by Crippen LogP contribution is 2.41. The first-order chi connectivity index (χ1) is 8.69. The Morgan fingerprint density at radius 3 is 2.50 bits per heavy atom. The molecule has 0 radical (unpaired) electrons. The van der Waals surface area contributed by atoms with E-state index in [0.29, 0.717) is 0 Å². The molecule has 1 spiro atoms. The van der Waals surface area contributed by atoms with Crippen molar-refractivity contribution in [3.8, 4) is 0 Å². The summed E-state index contributed by atoms with van der Waals surface area (Å²) in [5.74, 6) is 2.56. The van der Waals surface area contributed by atoms with Crippen LogP contribution in [0.1, 0.15) is 65.2 Å². The van der Waals surface area contributed by atoms with E-state index in [1.165, 1.54) is 51.4 Å². The van der Waals surface area contributed by atoms with Gasteiger partial charge in [-0.25, -0.2) is 0 Å². The molecule has 3 aliphatic rings. The van der Waals surface area contributed by atoms with Gasteiger partial charge in [-0.2, -0.15) is 0 Å². The number of hydrogen-bond acceptors (Lipinski definition) is 2. The Morgan fingerprint density at radius 2 is 1.78 bits per heavy atom. The van der Waals surface area contributed by atoms with Gasteiger partial charge in [0.1, 0.15) is 5.72 Å². The van der Waals surface area contributed by atoms with E-state index in [1.807, 2.05) is 0 Å². The van der Waals surface area contributed by atoms with Gasteiger partial charge in [0.2, 0.25) is 0 Å². The molecule has 1 heterocycles. The van der Waals surface area contributed by atoms with Crippen molar-refractivity contribution in [1.82, 2.24) is 5.32 Å². The van der Waals surface area contributed by atoms with E-state index in [2.05, 4.69) is 19.2 Å². The summed E-state index contributed by atoms with van der Waals surface area (Å²) < 4.78 is 6.29. The maximum absolute atomic E-state index is 6.29. The van der Waals surface area contributed by atoms with E-state index >= 15 is 0 Å². The number of fused-ring (bicyclic) bond motifs is 1. The molecule has 0 aromatic heterocycles. The first-order valence-corrected chi connectivity index (χ1v) is 8.10. The molecule has 2 saturated carbocycles. The molecule has 1 aliphatic heterocycles. The van der Waals surface area contributed by atoms with Gasteiger partial charge < -0.3 is 4.74 Å². The topological polar surface area (TPSA) is 21.3 Å². The monoisotopic (exact) mass is 251 g/mol. The van der Waals surface area contributed by atoms with Crippen LogP contribution in [0.15, 0.2) is 0 Å². The van der Waals surface area contributed by atoms with E-state index in [4.69, 9.17) is 4.74 Å². The molecule has 0 amide bonds. The predicted molar refractivity (Wildman–Crippen MR) is 74.4 cm³/mol. The van der Waals surface area contributed by atoms with Crippen molar-refractivity contribution in [3.05, 3.63) is 0 Å². The maximum Gasteiger partial charge on any atom is 0.119 e. The van der Waals surface area contributed by atoms with Crippen molar-refractivity contribution >= 4 is 0 Å². The Morgan fingerprint density at radius 1 is 1.06 bits per heavy atom. The molecule has 0 aromatic rings. The van der Waals surface area contributed by atoms with Gasteiger partial charge in [-0.15, -0.1) is 0 Å². The Labute approximate surface area is 112 Å². The summed E-state index contributed by atoms with van der Waals surface area (Å²) in [6.45, 7) is 5.76. The minimum atomic E-state index is 0.0594. The van der Waals surface area contributed by atoms with Gasteiger partial charge in [0.15, 0.2) is 0 Å². The van der Waals surface area contributed by atoms with Gasteiger partial charge in [-0.05, 0) is 56.3 Å². The summed E-state index contributed by atoms with van der Waals surface area (Å²) in [5.41, 5.74) is 0.0594. The summed E-state index contributed by atoms with van der Waals surface area (Å²) in [7, 11) is 0. The fourth-order valence-corrected chi connectivity index (χ4v) is 4.31. The van der Waals surface area contributed by atoms with E-state index < -0.39 is 0 Å². The van der Waals surface area contributed by atoms with Crippen LogP contribution >= 0.6 is 0 Å². The maximum atomic E-state index is 6.29. The number of hydrogen-bond donors (Lipinski definition) is 1. The van der Waals surface area contributed by atoms with E-state index in [1.54, 1.807) is 0 Å². The van der Waals surface area contributed by atoms with Crippen LogP contribution in [0.2, 0.25) is 0 Å². The third-order valence-electron chi connectivity index (χ3n) is 5.71. The van der Waals surface area contributed by atoms with Crippen LogP contribution in [0.4, 0.5) is 0 Å². The van der Waals surface area contributed by atoms with Crippen molar-refractivity contribution in [1.29, 1.82) is 0 Å². The van der Waals surface area contributed by atoms with Crippen molar-refractivity contribution in [2.24, 2.45) is 17.8 Å². The van der Waals surface area contributed by atoms with Crippen molar-refractivity contribution in [3.63, 3.8) is 0 Å². The third-order valence-corrected chi connectivity index (χ3v) is 5.71.